The van der Waals surface area contributed by atoms with Gasteiger partial charge >= 0.3 is 5.97 Å². The Bertz CT molecular complexity index is 261. The van der Waals surface area contributed by atoms with E-state index < -0.39 is 0 Å². The van der Waals surface area contributed by atoms with E-state index in [4.69, 9.17) is 5.73 Å². The molecule has 0 aliphatic rings. The number of hydrogen-bond donors (Lipinski definition) is 1. The first-order valence-corrected chi connectivity index (χ1v) is 4.82. The van der Waals surface area contributed by atoms with Gasteiger partial charge in [0, 0.05) is 24.0 Å². The van der Waals surface area contributed by atoms with Gasteiger partial charge in [0.2, 0.25) is 0 Å². The van der Waals surface area contributed by atoms with E-state index in [9.17, 15) is 4.79 Å². The van der Waals surface area contributed by atoms with Crippen molar-refractivity contribution in [1.82, 2.24) is 4.98 Å². The summed E-state index contributed by atoms with van der Waals surface area (Å²) < 4.78 is 4.56. The van der Waals surface area contributed by atoms with E-state index in [1.807, 2.05) is 5.38 Å². The van der Waals surface area contributed by atoms with Crippen LogP contribution < -0.4 is 5.73 Å². The molecule has 0 amide bonds. The molecule has 1 aromatic rings. The van der Waals surface area contributed by atoms with Crippen LogP contribution in [0.15, 0.2) is 11.6 Å². The molecular weight excluding hydrogens is 188 g/mol. The highest BCUT2D eigenvalue weighted by atomic mass is 32.1. The molecule has 0 aliphatic carbocycles. The minimum atomic E-state index is -0.245. The van der Waals surface area contributed by atoms with Gasteiger partial charge in [0.15, 0.2) is 0 Å². The molecule has 4 nitrogen and oxygen atoms in total. The van der Waals surface area contributed by atoms with Gasteiger partial charge in [-0.1, -0.05) is 0 Å². The molecule has 0 bridgehead atoms. The first-order chi connectivity index (χ1) is 6.27. The van der Waals surface area contributed by atoms with E-state index >= 15 is 0 Å². The van der Waals surface area contributed by atoms with Crippen LogP contribution >= 0.6 is 11.3 Å². The quantitative estimate of drug-likeness (QED) is 0.728. The number of esters is 1. The second-order valence-corrected chi connectivity index (χ2v) is 3.51. The zero-order valence-electron chi connectivity index (χ0n) is 7.40. The first-order valence-electron chi connectivity index (χ1n) is 3.94. The van der Waals surface area contributed by atoms with Gasteiger partial charge in [0.25, 0.3) is 0 Å². The Morgan fingerprint density at radius 3 is 3.08 bits per heavy atom. The maximum absolute atomic E-state index is 11.0. The standard InChI is InChI=1S/C8H12N2O2S/c1-12-7(11)4-6(5-9)8-10-2-3-13-8/h2-3,6H,4-5,9H2,1H3. The molecule has 0 aliphatic heterocycles. The number of thiazole rings is 1. The zero-order valence-corrected chi connectivity index (χ0v) is 8.21. The maximum Gasteiger partial charge on any atom is 0.306 e. The molecule has 1 heterocycles. The summed E-state index contributed by atoms with van der Waals surface area (Å²) in [4.78, 5) is 15.1. The molecule has 13 heavy (non-hydrogen) atoms. The molecule has 2 N–H and O–H groups in total. The lowest BCUT2D eigenvalue weighted by Crippen LogP contribution is -2.17. The summed E-state index contributed by atoms with van der Waals surface area (Å²) in [5.41, 5.74) is 5.53. The molecule has 0 saturated heterocycles. The van der Waals surface area contributed by atoms with Crippen molar-refractivity contribution in [2.45, 2.75) is 12.3 Å². The monoisotopic (exact) mass is 200 g/mol. The Kier molecular flexibility index (Phi) is 3.85. The minimum absolute atomic E-state index is 0.00699. The lowest BCUT2D eigenvalue weighted by atomic mass is 10.1. The highest BCUT2D eigenvalue weighted by Gasteiger charge is 2.16. The second-order valence-electron chi connectivity index (χ2n) is 2.58. The van der Waals surface area contributed by atoms with Crippen LogP contribution in [0.5, 0.6) is 0 Å². The number of ether oxygens (including phenoxy) is 1. The number of methoxy groups -OCH3 is 1. The molecule has 0 radical (unpaired) electrons. The van der Waals surface area contributed by atoms with Crippen molar-refractivity contribution in [2.75, 3.05) is 13.7 Å². The molecule has 1 atom stereocenters. The zero-order chi connectivity index (χ0) is 9.68. The fourth-order valence-electron chi connectivity index (χ4n) is 0.992. The van der Waals surface area contributed by atoms with Gasteiger partial charge in [-0.15, -0.1) is 11.3 Å². The van der Waals surface area contributed by atoms with Gasteiger partial charge in [-0.2, -0.15) is 0 Å². The molecular formula is C8H12N2O2S. The summed E-state index contributed by atoms with van der Waals surface area (Å²) >= 11 is 1.51. The van der Waals surface area contributed by atoms with Crippen LogP contribution in [-0.2, 0) is 9.53 Å². The highest BCUT2D eigenvalue weighted by Crippen LogP contribution is 2.20. The fourth-order valence-corrected chi connectivity index (χ4v) is 1.75. The Labute approximate surface area is 80.7 Å². The van der Waals surface area contributed by atoms with Gasteiger partial charge < -0.3 is 10.5 Å². The molecule has 0 spiro atoms. The SMILES string of the molecule is COC(=O)CC(CN)c1nccs1. The molecule has 1 unspecified atom stereocenters. The predicted molar refractivity (Wildman–Crippen MR) is 50.5 cm³/mol. The summed E-state index contributed by atoms with van der Waals surface area (Å²) in [7, 11) is 1.37. The molecule has 0 aromatic carbocycles. The molecule has 72 valence electrons. The predicted octanol–water partition coefficient (Wildman–Crippen LogP) is 0.748. The first kappa shape index (κ1) is 10.1. The molecule has 0 fully saturated rings. The highest BCUT2D eigenvalue weighted by molar-refractivity contribution is 7.09. The van der Waals surface area contributed by atoms with Gasteiger partial charge in [-0.25, -0.2) is 4.98 Å². The minimum Gasteiger partial charge on any atom is -0.469 e. The van der Waals surface area contributed by atoms with Crippen LogP contribution in [-0.4, -0.2) is 24.6 Å². The van der Waals surface area contributed by atoms with Crippen LogP contribution in [0.2, 0.25) is 0 Å². The Balaban J connectivity index is 2.58. The summed E-state index contributed by atoms with van der Waals surface area (Å²) in [6, 6.07) is 0. The van der Waals surface area contributed by atoms with E-state index in [-0.39, 0.29) is 11.9 Å². The van der Waals surface area contributed by atoms with E-state index in [1.165, 1.54) is 18.4 Å². The Hall–Kier alpha value is -0.940. The average molecular weight is 200 g/mol. The number of aromatic nitrogens is 1. The summed E-state index contributed by atoms with van der Waals surface area (Å²) in [5.74, 6) is -0.252. The van der Waals surface area contributed by atoms with Crippen LogP contribution in [0, 0.1) is 0 Å². The number of carbonyl (C=O) groups is 1. The van der Waals surface area contributed by atoms with E-state index in [1.54, 1.807) is 6.20 Å². The van der Waals surface area contributed by atoms with Crippen molar-refractivity contribution in [3.05, 3.63) is 16.6 Å². The Morgan fingerprint density at radius 1 is 1.85 bits per heavy atom. The van der Waals surface area contributed by atoms with Crippen LogP contribution in [0.1, 0.15) is 17.3 Å². The van der Waals surface area contributed by atoms with Gasteiger partial charge in [0.05, 0.1) is 18.5 Å². The molecule has 0 saturated carbocycles. The molecule has 1 rings (SSSR count). The smallest absolute Gasteiger partial charge is 0.306 e. The third-order valence-corrected chi connectivity index (χ3v) is 2.66. The van der Waals surface area contributed by atoms with Gasteiger partial charge in [-0.05, 0) is 0 Å². The summed E-state index contributed by atoms with van der Waals surface area (Å²) in [5, 5.41) is 2.77. The van der Waals surface area contributed by atoms with Crippen molar-refractivity contribution >= 4 is 17.3 Å². The Morgan fingerprint density at radius 2 is 2.62 bits per heavy atom. The number of rotatable bonds is 4. The van der Waals surface area contributed by atoms with Crippen molar-refractivity contribution in [1.29, 1.82) is 0 Å². The third kappa shape index (κ3) is 2.78. The van der Waals surface area contributed by atoms with Gasteiger partial charge in [0.1, 0.15) is 0 Å². The van der Waals surface area contributed by atoms with Crippen molar-refractivity contribution in [3.63, 3.8) is 0 Å². The van der Waals surface area contributed by atoms with E-state index in [0.717, 1.165) is 5.01 Å². The van der Waals surface area contributed by atoms with E-state index in [2.05, 4.69) is 9.72 Å². The number of nitrogens with two attached hydrogens (primary N) is 1. The van der Waals surface area contributed by atoms with E-state index in [0.29, 0.717) is 13.0 Å². The fraction of sp³-hybridized carbons (Fsp3) is 0.500. The molecule has 5 heteroatoms. The van der Waals surface area contributed by atoms with Crippen LogP contribution in [0.3, 0.4) is 0 Å². The summed E-state index contributed by atoms with van der Waals surface area (Å²) in [6.45, 7) is 0.419. The lowest BCUT2D eigenvalue weighted by Gasteiger charge is -2.09. The number of nitrogens with zero attached hydrogens (tertiary/aromatic N) is 1. The van der Waals surface area contributed by atoms with Crippen LogP contribution in [0.25, 0.3) is 0 Å². The number of hydrogen-bond acceptors (Lipinski definition) is 5. The normalized spacial score (nSPS) is 12.5. The molecule has 1 aromatic heterocycles. The topological polar surface area (TPSA) is 65.2 Å². The largest absolute Gasteiger partial charge is 0.469 e. The third-order valence-electron chi connectivity index (χ3n) is 1.73. The maximum atomic E-state index is 11.0. The number of carbonyl (C=O) groups excluding carboxylic acids is 1. The van der Waals surface area contributed by atoms with Gasteiger partial charge in [-0.3, -0.25) is 4.79 Å². The lowest BCUT2D eigenvalue weighted by molar-refractivity contribution is -0.141. The van der Waals surface area contributed by atoms with Crippen molar-refractivity contribution in [3.8, 4) is 0 Å². The van der Waals surface area contributed by atoms with Crippen molar-refractivity contribution < 1.29 is 9.53 Å². The van der Waals surface area contributed by atoms with Crippen LogP contribution in [0.4, 0.5) is 0 Å². The van der Waals surface area contributed by atoms with Crippen molar-refractivity contribution in [2.24, 2.45) is 5.73 Å². The second kappa shape index (κ2) is 4.94. The summed E-state index contributed by atoms with van der Waals surface area (Å²) in [6.07, 6.45) is 2.01. The average Bonchev–Trinajstić information content (AvgIpc) is 2.66.